The molecule has 1 amide bonds. The van der Waals surface area contributed by atoms with Crippen LogP contribution in [-0.2, 0) is 0 Å². The quantitative estimate of drug-likeness (QED) is 0.867. The number of nitriles is 1. The van der Waals surface area contributed by atoms with Crippen LogP contribution in [0, 0.1) is 16.7 Å². The van der Waals surface area contributed by atoms with Gasteiger partial charge in [0.05, 0.1) is 29.0 Å². The molecule has 2 unspecified atom stereocenters. The molecule has 1 aromatic carbocycles. The summed E-state index contributed by atoms with van der Waals surface area (Å²) in [5.74, 6) is 0. The molecule has 1 fully saturated rings. The van der Waals surface area contributed by atoms with Gasteiger partial charge in [0.15, 0.2) is 0 Å². The van der Waals surface area contributed by atoms with Gasteiger partial charge < -0.3 is 14.6 Å². The minimum atomic E-state index is -0.845. The van der Waals surface area contributed by atoms with Gasteiger partial charge in [-0.25, -0.2) is 9.78 Å². The van der Waals surface area contributed by atoms with Crippen molar-refractivity contribution >= 4 is 17.1 Å². The van der Waals surface area contributed by atoms with Gasteiger partial charge in [0, 0.05) is 18.6 Å². The molecule has 1 N–H and O–H groups in total. The number of fused-ring (bicyclic) bond motifs is 1. The van der Waals surface area contributed by atoms with Gasteiger partial charge >= 0.3 is 6.09 Å². The minimum Gasteiger partial charge on any atom is -0.465 e. The van der Waals surface area contributed by atoms with Gasteiger partial charge in [-0.15, -0.1) is 0 Å². The second kappa shape index (κ2) is 5.82. The summed E-state index contributed by atoms with van der Waals surface area (Å²) in [7, 11) is 0. The van der Waals surface area contributed by atoms with Crippen molar-refractivity contribution in [2.24, 2.45) is 5.41 Å². The van der Waals surface area contributed by atoms with E-state index >= 15 is 0 Å². The summed E-state index contributed by atoms with van der Waals surface area (Å²) in [5, 5.41) is 18.5. The Hall–Kier alpha value is -2.55. The van der Waals surface area contributed by atoms with Gasteiger partial charge in [-0.2, -0.15) is 5.26 Å². The van der Waals surface area contributed by atoms with Crippen LogP contribution in [0.5, 0.6) is 0 Å². The molecule has 0 aliphatic carbocycles. The molecule has 2 aromatic rings. The van der Waals surface area contributed by atoms with E-state index < -0.39 is 6.09 Å². The maximum Gasteiger partial charge on any atom is 0.407 e. The molecule has 1 aliphatic rings. The van der Waals surface area contributed by atoms with Crippen molar-refractivity contribution in [1.82, 2.24) is 14.5 Å². The number of carboxylic acid groups (broad SMARTS) is 1. The van der Waals surface area contributed by atoms with E-state index in [0.717, 1.165) is 23.9 Å². The van der Waals surface area contributed by atoms with E-state index in [9.17, 15) is 9.90 Å². The van der Waals surface area contributed by atoms with Crippen molar-refractivity contribution < 1.29 is 9.90 Å². The molecule has 2 atom stereocenters. The lowest BCUT2D eigenvalue weighted by atomic mass is 9.79. The molecular formula is C18H22N4O2. The van der Waals surface area contributed by atoms with Crippen LogP contribution in [0.1, 0.15) is 45.2 Å². The number of nitrogens with zero attached hydrogens (tertiary/aromatic N) is 4. The molecule has 1 aromatic heterocycles. The van der Waals surface area contributed by atoms with Crippen molar-refractivity contribution in [3.05, 3.63) is 30.1 Å². The number of carbonyl (C=O) groups is 1. The topological polar surface area (TPSA) is 82.2 Å². The van der Waals surface area contributed by atoms with Gasteiger partial charge in [0.2, 0.25) is 0 Å². The number of imidazole rings is 1. The highest BCUT2D eigenvalue weighted by Gasteiger charge is 2.39. The predicted octanol–water partition coefficient (Wildman–Crippen LogP) is 3.64. The fourth-order valence-electron chi connectivity index (χ4n) is 3.64. The fourth-order valence-corrected chi connectivity index (χ4v) is 3.64. The van der Waals surface area contributed by atoms with E-state index in [-0.39, 0.29) is 17.5 Å². The molecule has 1 aliphatic heterocycles. The van der Waals surface area contributed by atoms with Gasteiger partial charge in [-0.1, -0.05) is 20.8 Å². The number of likely N-dealkylation sites (tertiary alicyclic amines) is 1. The predicted molar refractivity (Wildman–Crippen MR) is 90.7 cm³/mol. The van der Waals surface area contributed by atoms with Crippen LogP contribution in [0.25, 0.3) is 11.0 Å². The van der Waals surface area contributed by atoms with E-state index in [1.54, 1.807) is 17.0 Å². The summed E-state index contributed by atoms with van der Waals surface area (Å²) in [6.07, 6.45) is 2.50. The molecule has 1 saturated heterocycles. The van der Waals surface area contributed by atoms with E-state index in [1.807, 2.05) is 12.4 Å². The van der Waals surface area contributed by atoms with E-state index in [4.69, 9.17) is 5.26 Å². The summed E-state index contributed by atoms with van der Waals surface area (Å²) in [6, 6.07) is 7.82. The molecule has 126 valence electrons. The van der Waals surface area contributed by atoms with Crippen LogP contribution in [0.2, 0.25) is 0 Å². The molecular weight excluding hydrogens is 304 g/mol. The number of rotatable bonds is 1. The maximum absolute atomic E-state index is 11.6. The second-order valence-corrected chi connectivity index (χ2v) is 7.50. The lowest BCUT2D eigenvalue weighted by Gasteiger charge is -2.45. The summed E-state index contributed by atoms with van der Waals surface area (Å²) in [6.45, 7) is 6.78. The van der Waals surface area contributed by atoms with Crippen LogP contribution in [0.4, 0.5) is 4.79 Å². The van der Waals surface area contributed by atoms with E-state index in [0.29, 0.717) is 12.1 Å². The molecule has 0 spiro atoms. The number of hydrogen-bond acceptors (Lipinski definition) is 3. The third kappa shape index (κ3) is 2.82. The molecule has 0 radical (unpaired) electrons. The first kappa shape index (κ1) is 16.3. The van der Waals surface area contributed by atoms with Gasteiger partial charge in [-0.05, 0) is 36.5 Å². The molecule has 3 rings (SSSR count). The summed E-state index contributed by atoms with van der Waals surface area (Å²) < 4.78 is 2.13. The van der Waals surface area contributed by atoms with Gasteiger partial charge in [0.25, 0.3) is 0 Å². The lowest BCUT2D eigenvalue weighted by molar-refractivity contribution is 0.0435. The minimum absolute atomic E-state index is 0.0374. The Morgan fingerprint density at radius 2 is 2.17 bits per heavy atom. The fraction of sp³-hybridized carbons (Fsp3) is 0.500. The third-order valence-electron chi connectivity index (χ3n) is 4.92. The Morgan fingerprint density at radius 3 is 2.79 bits per heavy atom. The summed E-state index contributed by atoms with van der Waals surface area (Å²) in [5.41, 5.74) is 2.28. The van der Waals surface area contributed by atoms with Crippen LogP contribution in [0.15, 0.2) is 24.5 Å². The van der Waals surface area contributed by atoms with Crippen LogP contribution in [-0.4, -0.2) is 38.2 Å². The van der Waals surface area contributed by atoms with E-state index in [1.165, 1.54) is 0 Å². The SMILES string of the molecule is CC(C)(C)C1CC(n2cnc3cc(C#N)ccc32)CCN1C(=O)O. The van der Waals surface area contributed by atoms with Crippen molar-refractivity contribution in [3.8, 4) is 6.07 Å². The van der Waals surface area contributed by atoms with Crippen molar-refractivity contribution in [3.63, 3.8) is 0 Å². The Kier molecular flexibility index (Phi) is 3.96. The zero-order valence-corrected chi connectivity index (χ0v) is 14.2. The van der Waals surface area contributed by atoms with Gasteiger partial charge in [-0.3, -0.25) is 0 Å². The van der Waals surface area contributed by atoms with Crippen LogP contribution in [0.3, 0.4) is 0 Å². The first-order valence-electron chi connectivity index (χ1n) is 8.17. The van der Waals surface area contributed by atoms with Gasteiger partial charge in [0.1, 0.15) is 0 Å². The molecule has 6 nitrogen and oxygen atoms in total. The highest BCUT2D eigenvalue weighted by Crippen LogP contribution is 2.37. The van der Waals surface area contributed by atoms with Crippen molar-refractivity contribution in [2.45, 2.75) is 45.7 Å². The monoisotopic (exact) mass is 326 g/mol. The largest absolute Gasteiger partial charge is 0.465 e. The number of benzene rings is 1. The Bertz CT molecular complexity index is 813. The lowest BCUT2D eigenvalue weighted by Crippen LogP contribution is -2.51. The zero-order chi connectivity index (χ0) is 17.5. The highest BCUT2D eigenvalue weighted by atomic mass is 16.4. The Morgan fingerprint density at radius 1 is 1.42 bits per heavy atom. The standard InChI is InChI=1S/C18H22N4O2/c1-18(2,3)16-9-13(6-7-21(16)17(23)24)22-11-20-14-8-12(10-19)4-5-15(14)22/h4-5,8,11,13,16H,6-7,9H2,1-3H3,(H,23,24). The summed E-state index contributed by atoms with van der Waals surface area (Å²) >= 11 is 0. The van der Waals surface area contributed by atoms with Crippen LogP contribution < -0.4 is 0 Å². The average Bonchev–Trinajstić information content (AvgIpc) is 2.96. The number of hydrogen-bond donors (Lipinski definition) is 1. The Balaban J connectivity index is 1.94. The average molecular weight is 326 g/mol. The smallest absolute Gasteiger partial charge is 0.407 e. The normalized spacial score (nSPS) is 21.7. The molecule has 6 heteroatoms. The highest BCUT2D eigenvalue weighted by molar-refractivity contribution is 5.77. The van der Waals surface area contributed by atoms with Crippen molar-refractivity contribution in [2.75, 3.05) is 6.54 Å². The molecule has 2 heterocycles. The first-order valence-corrected chi connectivity index (χ1v) is 8.17. The number of amides is 1. The molecule has 0 saturated carbocycles. The van der Waals surface area contributed by atoms with Crippen molar-refractivity contribution in [1.29, 1.82) is 5.26 Å². The van der Waals surface area contributed by atoms with E-state index in [2.05, 4.69) is 36.4 Å². The Labute approximate surface area is 141 Å². The number of aromatic nitrogens is 2. The number of piperidine rings is 1. The molecule has 24 heavy (non-hydrogen) atoms. The first-order chi connectivity index (χ1) is 11.3. The zero-order valence-electron chi connectivity index (χ0n) is 14.2. The van der Waals surface area contributed by atoms with Crippen LogP contribution >= 0.6 is 0 Å². The maximum atomic E-state index is 11.6. The molecule has 0 bridgehead atoms. The summed E-state index contributed by atoms with van der Waals surface area (Å²) in [4.78, 5) is 17.6. The third-order valence-corrected chi connectivity index (χ3v) is 4.92. The second-order valence-electron chi connectivity index (χ2n) is 7.50.